The van der Waals surface area contributed by atoms with E-state index in [1.165, 1.54) is 16.7 Å². The van der Waals surface area contributed by atoms with Gasteiger partial charge in [0.25, 0.3) is 0 Å². The van der Waals surface area contributed by atoms with Crippen molar-refractivity contribution in [1.29, 1.82) is 0 Å². The summed E-state index contributed by atoms with van der Waals surface area (Å²) in [5, 5.41) is 0.766. The molecule has 4 heteroatoms. The van der Waals surface area contributed by atoms with Gasteiger partial charge in [-0.1, -0.05) is 79.2 Å². The first-order valence-electron chi connectivity index (χ1n) is 11.4. The molecule has 3 nitrogen and oxygen atoms in total. The molecule has 0 aliphatic heterocycles. The Bertz CT molecular complexity index is 1110. The summed E-state index contributed by atoms with van der Waals surface area (Å²) in [4.78, 5) is 2.44. The van der Waals surface area contributed by atoms with Gasteiger partial charge < -0.3 is 10.5 Å². The zero-order valence-electron chi connectivity index (χ0n) is 19.1. The van der Waals surface area contributed by atoms with Crippen molar-refractivity contribution < 1.29 is 4.74 Å². The smallest absolute Gasteiger partial charge is 0.127 e. The molecule has 0 amide bonds. The van der Waals surface area contributed by atoms with Gasteiger partial charge in [0, 0.05) is 36.6 Å². The van der Waals surface area contributed by atoms with Crippen LogP contribution in [-0.2, 0) is 13.1 Å². The summed E-state index contributed by atoms with van der Waals surface area (Å²) in [6, 6.07) is 26.3. The van der Waals surface area contributed by atoms with E-state index in [2.05, 4.69) is 48.3 Å². The van der Waals surface area contributed by atoms with Crippen LogP contribution >= 0.6 is 11.6 Å². The van der Waals surface area contributed by atoms with Crippen LogP contribution < -0.4 is 10.5 Å². The lowest BCUT2D eigenvalue weighted by Crippen LogP contribution is -2.29. The zero-order valence-corrected chi connectivity index (χ0v) is 19.8. The summed E-state index contributed by atoms with van der Waals surface area (Å²) in [6.07, 6.45) is 7.81. The van der Waals surface area contributed by atoms with Gasteiger partial charge in [0.1, 0.15) is 11.5 Å². The lowest BCUT2D eigenvalue weighted by Gasteiger charge is -2.30. The third kappa shape index (κ3) is 6.82. The maximum absolute atomic E-state index is 6.25. The van der Waals surface area contributed by atoms with Crippen molar-refractivity contribution in [3.05, 3.63) is 119 Å². The molecule has 1 atom stereocenters. The average molecular weight is 459 g/mol. The fraction of sp³-hybridized carbons (Fsp3) is 0.241. The van der Waals surface area contributed by atoms with Gasteiger partial charge in [-0.2, -0.15) is 0 Å². The number of rotatable bonds is 9. The number of allylic oxidation sites excluding steroid dienone is 1. The van der Waals surface area contributed by atoms with Crippen LogP contribution in [-0.4, -0.2) is 18.0 Å². The molecule has 3 aromatic carbocycles. The highest BCUT2D eigenvalue weighted by Gasteiger charge is 2.22. The number of nitrogens with zero attached hydrogens (tertiary/aromatic N) is 1. The fourth-order valence-electron chi connectivity index (χ4n) is 4.14. The Labute approximate surface area is 202 Å². The maximum atomic E-state index is 6.25. The predicted molar refractivity (Wildman–Crippen MR) is 138 cm³/mol. The van der Waals surface area contributed by atoms with Crippen molar-refractivity contribution in [2.24, 2.45) is 11.1 Å². The number of hydrogen-bond acceptors (Lipinski definition) is 3. The van der Waals surface area contributed by atoms with Gasteiger partial charge in [0.2, 0.25) is 0 Å². The van der Waals surface area contributed by atoms with Crippen LogP contribution in [0.4, 0.5) is 0 Å². The normalized spacial score (nSPS) is 17.8. The minimum absolute atomic E-state index is 0.0300. The van der Waals surface area contributed by atoms with Crippen LogP contribution in [0.15, 0.2) is 103 Å². The largest absolute Gasteiger partial charge is 0.457 e. The van der Waals surface area contributed by atoms with Gasteiger partial charge in [-0.15, -0.1) is 0 Å². The Morgan fingerprint density at radius 3 is 2.33 bits per heavy atom. The van der Waals surface area contributed by atoms with Crippen molar-refractivity contribution >= 4 is 11.6 Å². The Kier molecular flexibility index (Phi) is 7.66. The van der Waals surface area contributed by atoms with E-state index < -0.39 is 0 Å². The van der Waals surface area contributed by atoms with Crippen molar-refractivity contribution in [2.45, 2.75) is 26.4 Å². The SMILES string of the molecule is CC1(CN)C=C(CN(Cc2ccc(Oc3ccccc3)cc2)Cc2cccc(Cl)c2)C=CC1. The van der Waals surface area contributed by atoms with Gasteiger partial charge in [0.15, 0.2) is 0 Å². The molecule has 1 aliphatic rings. The molecular weight excluding hydrogens is 428 g/mol. The first kappa shape index (κ1) is 23.3. The molecule has 2 N–H and O–H groups in total. The standard InChI is InChI=1S/C29H31ClN2O/c1-29(22-31)16-6-8-25(18-29)21-32(20-24-7-5-9-26(30)17-24)19-23-12-14-28(15-13-23)33-27-10-3-2-4-11-27/h2-15,17-18H,16,19-22,31H2,1H3. The molecule has 3 aromatic rings. The van der Waals surface area contributed by atoms with Gasteiger partial charge in [-0.05, 0) is 59.5 Å². The van der Waals surface area contributed by atoms with E-state index in [1.807, 2.05) is 60.7 Å². The van der Waals surface area contributed by atoms with Crippen LogP contribution in [0.3, 0.4) is 0 Å². The summed E-state index contributed by atoms with van der Waals surface area (Å²) in [5.74, 6) is 1.68. The van der Waals surface area contributed by atoms with Crippen LogP contribution in [0.1, 0.15) is 24.5 Å². The second kappa shape index (κ2) is 10.8. The number of para-hydroxylation sites is 1. The molecule has 0 fully saturated rings. The molecule has 0 heterocycles. The molecule has 170 valence electrons. The summed E-state index contributed by atoms with van der Waals surface area (Å²) in [7, 11) is 0. The number of nitrogens with two attached hydrogens (primary N) is 1. The molecule has 1 aliphatic carbocycles. The molecule has 0 radical (unpaired) electrons. The minimum Gasteiger partial charge on any atom is -0.457 e. The highest BCUT2D eigenvalue weighted by Crippen LogP contribution is 2.29. The van der Waals surface area contributed by atoms with Crippen molar-refractivity contribution in [3.63, 3.8) is 0 Å². The van der Waals surface area contributed by atoms with Crippen molar-refractivity contribution in [1.82, 2.24) is 4.90 Å². The lowest BCUT2D eigenvalue weighted by atomic mass is 9.81. The monoisotopic (exact) mass is 458 g/mol. The minimum atomic E-state index is 0.0300. The predicted octanol–water partition coefficient (Wildman–Crippen LogP) is 6.99. The Morgan fingerprint density at radius 1 is 0.879 bits per heavy atom. The third-order valence-corrected chi connectivity index (χ3v) is 6.16. The quantitative estimate of drug-likeness (QED) is 0.375. The molecule has 33 heavy (non-hydrogen) atoms. The van der Waals surface area contributed by atoms with E-state index in [0.29, 0.717) is 6.54 Å². The molecule has 0 bridgehead atoms. The summed E-state index contributed by atoms with van der Waals surface area (Å²) < 4.78 is 5.95. The van der Waals surface area contributed by atoms with Gasteiger partial charge in [-0.25, -0.2) is 0 Å². The number of hydrogen-bond donors (Lipinski definition) is 1. The Morgan fingerprint density at radius 2 is 1.61 bits per heavy atom. The fourth-order valence-corrected chi connectivity index (χ4v) is 4.35. The first-order chi connectivity index (χ1) is 16.0. The summed E-state index contributed by atoms with van der Waals surface area (Å²) in [5.41, 5.74) is 9.82. The molecule has 4 rings (SSSR count). The van der Waals surface area contributed by atoms with Gasteiger partial charge in [-0.3, -0.25) is 4.90 Å². The number of benzene rings is 3. The van der Waals surface area contributed by atoms with E-state index in [9.17, 15) is 0 Å². The third-order valence-electron chi connectivity index (χ3n) is 5.93. The summed E-state index contributed by atoms with van der Waals surface area (Å²) >= 11 is 6.25. The van der Waals surface area contributed by atoms with Gasteiger partial charge >= 0.3 is 0 Å². The lowest BCUT2D eigenvalue weighted by molar-refractivity contribution is 0.278. The molecule has 1 unspecified atom stereocenters. The van der Waals surface area contributed by atoms with E-state index in [1.54, 1.807) is 0 Å². The van der Waals surface area contributed by atoms with Crippen LogP contribution in [0.5, 0.6) is 11.5 Å². The van der Waals surface area contributed by atoms with Crippen LogP contribution in [0.2, 0.25) is 5.02 Å². The molecular formula is C29H31ClN2O. The van der Waals surface area contributed by atoms with Crippen LogP contribution in [0.25, 0.3) is 0 Å². The topological polar surface area (TPSA) is 38.5 Å². The van der Waals surface area contributed by atoms with E-state index >= 15 is 0 Å². The van der Waals surface area contributed by atoms with Crippen LogP contribution in [0, 0.1) is 5.41 Å². The molecule has 0 aromatic heterocycles. The molecule has 0 saturated heterocycles. The average Bonchev–Trinajstić information content (AvgIpc) is 2.81. The molecule has 0 saturated carbocycles. The second-order valence-electron chi connectivity index (χ2n) is 9.02. The summed E-state index contributed by atoms with van der Waals surface area (Å²) in [6.45, 7) is 5.36. The van der Waals surface area contributed by atoms with Gasteiger partial charge in [0.05, 0.1) is 0 Å². The highest BCUT2D eigenvalue weighted by atomic mass is 35.5. The maximum Gasteiger partial charge on any atom is 0.127 e. The second-order valence-corrected chi connectivity index (χ2v) is 9.45. The van der Waals surface area contributed by atoms with E-state index in [-0.39, 0.29) is 5.41 Å². The zero-order chi connectivity index (χ0) is 23.1. The van der Waals surface area contributed by atoms with Crippen molar-refractivity contribution in [3.8, 4) is 11.5 Å². The number of halogens is 1. The van der Waals surface area contributed by atoms with Crippen molar-refractivity contribution in [2.75, 3.05) is 13.1 Å². The van der Waals surface area contributed by atoms with E-state index in [0.717, 1.165) is 42.6 Å². The number of ether oxygens (including phenoxy) is 1. The highest BCUT2D eigenvalue weighted by molar-refractivity contribution is 6.30. The molecule has 0 spiro atoms. The first-order valence-corrected chi connectivity index (χ1v) is 11.8. The Balaban J connectivity index is 1.50. The van der Waals surface area contributed by atoms with E-state index in [4.69, 9.17) is 22.1 Å². The Hall–Kier alpha value is -2.85.